The first-order valence-corrected chi connectivity index (χ1v) is 13.9. The van der Waals surface area contributed by atoms with Gasteiger partial charge in [0.1, 0.15) is 5.75 Å². The van der Waals surface area contributed by atoms with E-state index in [4.69, 9.17) is 9.47 Å². The molecule has 2 aromatic rings. The Morgan fingerprint density at radius 2 is 1.56 bits per heavy atom. The van der Waals surface area contributed by atoms with E-state index >= 15 is 0 Å². The van der Waals surface area contributed by atoms with Gasteiger partial charge < -0.3 is 14.0 Å². The standard InChI is InChI=1S/C18H21O3S.C4HF9O3S/c1-2-11-20-18(19)21-15-10-12-22(13-15)17-9-5-7-14-6-3-4-8-16(14)17;5-1(6,3(9,10)11)2(7,8)4(12,13)17(14,15)16/h3-9,15H,2,10-13H2,1H3;(H,14,15,16)/q+1;/p-1. The van der Waals surface area contributed by atoms with Crippen LogP contribution in [0.3, 0.4) is 0 Å². The van der Waals surface area contributed by atoms with Gasteiger partial charge in [0.25, 0.3) is 0 Å². The van der Waals surface area contributed by atoms with Gasteiger partial charge in [0, 0.05) is 22.7 Å². The molecule has 2 atom stereocenters. The summed E-state index contributed by atoms with van der Waals surface area (Å²) in [5.41, 5.74) is 0. The Bertz CT molecular complexity index is 1250. The molecule has 0 saturated carbocycles. The fourth-order valence-electron chi connectivity index (χ4n) is 3.28. The molecule has 0 aromatic heterocycles. The first kappa shape index (κ1) is 32.8. The van der Waals surface area contributed by atoms with Crippen LogP contribution in [0, 0.1) is 0 Å². The van der Waals surface area contributed by atoms with Crippen molar-refractivity contribution in [2.24, 2.45) is 0 Å². The van der Waals surface area contributed by atoms with Gasteiger partial charge in [-0.15, -0.1) is 0 Å². The van der Waals surface area contributed by atoms with Crippen molar-refractivity contribution in [3.05, 3.63) is 42.5 Å². The molecule has 1 aliphatic rings. The first-order valence-electron chi connectivity index (χ1n) is 10.9. The second-order valence-electron chi connectivity index (χ2n) is 8.09. The zero-order valence-electron chi connectivity index (χ0n) is 19.8. The van der Waals surface area contributed by atoms with E-state index in [2.05, 4.69) is 42.5 Å². The lowest BCUT2D eigenvalue weighted by molar-refractivity contribution is -0.382. The van der Waals surface area contributed by atoms with E-state index in [0.717, 1.165) is 24.3 Å². The molecule has 220 valence electrons. The Balaban J connectivity index is 0.000000285. The van der Waals surface area contributed by atoms with E-state index < -0.39 is 39.5 Å². The molecule has 2 unspecified atom stereocenters. The van der Waals surface area contributed by atoms with Crippen LogP contribution in [0.2, 0.25) is 0 Å². The molecule has 0 amide bonds. The summed E-state index contributed by atoms with van der Waals surface area (Å²) in [4.78, 5) is 13.0. The van der Waals surface area contributed by atoms with Crippen LogP contribution in [0.15, 0.2) is 47.4 Å². The van der Waals surface area contributed by atoms with Gasteiger partial charge in [0.2, 0.25) is 0 Å². The number of hydrogen-bond acceptors (Lipinski definition) is 6. The number of carbonyl (C=O) groups is 1. The van der Waals surface area contributed by atoms with Gasteiger partial charge >= 0.3 is 29.4 Å². The summed E-state index contributed by atoms with van der Waals surface area (Å²) < 4.78 is 146. The minimum absolute atomic E-state index is 0.00772. The number of benzene rings is 2. The molecular weight excluding hydrogens is 595 g/mol. The minimum atomic E-state index is -7.43. The Hall–Kier alpha value is -2.40. The van der Waals surface area contributed by atoms with Crippen molar-refractivity contribution in [3.63, 3.8) is 0 Å². The van der Waals surface area contributed by atoms with Crippen molar-refractivity contribution in [3.8, 4) is 0 Å². The lowest BCUT2D eigenvalue weighted by Gasteiger charge is -2.34. The Morgan fingerprint density at radius 1 is 0.974 bits per heavy atom. The van der Waals surface area contributed by atoms with E-state index in [0.29, 0.717) is 6.61 Å². The summed E-state index contributed by atoms with van der Waals surface area (Å²) in [5, 5.41) is -4.51. The van der Waals surface area contributed by atoms with E-state index in [1.807, 2.05) is 6.92 Å². The number of alkyl halides is 9. The van der Waals surface area contributed by atoms with E-state index in [-0.39, 0.29) is 17.0 Å². The third-order valence-corrected chi connectivity index (χ3v) is 8.62. The average Bonchev–Trinajstić information content (AvgIpc) is 3.29. The van der Waals surface area contributed by atoms with E-state index in [1.54, 1.807) is 0 Å². The molecule has 0 radical (unpaired) electrons. The van der Waals surface area contributed by atoms with Gasteiger partial charge in [-0.3, -0.25) is 0 Å². The molecule has 1 fully saturated rings. The highest BCUT2D eigenvalue weighted by molar-refractivity contribution is 7.97. The molecule has 0 aliphatic carbocycles. The van der Waals surface area contributed by atoms with Gasteiger partial charge in [0.05, 0.1) is 6.61 Å². The average molecular weight is 617 g/mol. The number of carbonyl (C=O) groups excluding carboxylic acids is 1. The maximum atomic E-state index is 12.2. The SMILES string of the molecule is CCCOC(=O)OC1CC[S+](c2cccc3ccccc23)C1.O=S(=O)([O-])C(F)(F)C(F)(F)C(F)(F)C(F)(F)F. The van der Waals surface area contributed by atoms with Gasteiger partial charge in [-0.25, -0.2) is 13.2 Å². The van der Waals surface area contributed by atoms with Crippen molar-refractivity contribution in [1.29, 1.82) is 0 Å². The second kappa shape index (κ2) is 12.0. The molecule has 1 aliphatic heterocycles. The number of fused-ring (bicyclic) bond motifs is 1. The summed E-state index contributed by atoms with van der Waals surface area (Å²) in [6.45, 7) is 2.40. The van der Waals surface area contributed by atoms with Crippen LogP contribution < -0.4 is 0 Å². The molecule has 1 saturated heterocycles. The zero-order valence-corrected chi connectivity index (χ0v) is 21.5. The van der Waals surface area contributed by atoms with Crippen molar-refractivity contribution < 1.29 is 66.8 Å². The maximum Gasteiger partial charge on any atom is 0.508 e. The Morgan fingerprint density at radius 3 is 2.13 bits per heavy atom. The predicted molar refractivity (Wildman–Crippen MR) is 121 cm³/mol. The highest BCUT2D eigenvalue weighted by Gasteiger charge is 2.83. The summed E-state index contributed by atoms with van der Waals surface area (Å²) in [7, 11) is -7.27. The fraction of sp³-hybridized carbons (Fsp3) is 0.500. The van der Waals surface area contributed by atoms with Crippen molar-refractivity contribution in [1.82, 2.24) is 0 Å². The topological polar surface area (TPSA) is 92.7 Å². The molecule has 3 rings (SSSR count). The van der Waals surface area contributed by atoms with Crippen molar-refractivity contribution in [2.45, 2.75) is 54.0 Å². The number of ether oxygens (including phenoxy) is 2. The minimum Gasteiger partial charge on any atom is -0.743 e. The lowest BCUT2D eigenvalue weighted by Crippen LogP contribution is -2.63. The van der Waals surface area contributed by atoms with Crippen LogP contribution in [0.4, 0.5) is 44.3 Å². The third kappa shape index (κ3) is 7.03. The van der Waals surface area contributed by atoms with Crippen LogP contribution in [0.25, 0.3) is 10.8 Å². The van der Waals surface area contributed by atoms with Crippen LogP contribution in [0.1, 0.15) is 19.8 Å². The van der Waals surface area contributed by atoms with E-state index in [1.165, 1.54) is 15.7 Å². The molecule has 0 N–H and O–H groups in total. The summed E-state index contributed by atoms with van der Waals surface area (Å²) in [6, 6.07) is 15.0. The molecule has 39 heavy (non-hydrogen) atoms. The number of halogens is 9. The third-order valence-electron chi connectivity index (χ3n) is 5.25. The van der Waals surface area contributed by atoms with Gasteiger partial charge in [0.15, 0.2) is 26.9 Å². The highest BCUT2D eigenvalue weighted by Crippen LogP contribution is 2.54. The second-order valence-corrected chi connectivity index (χ2v) is 11.7. The van der Waals surface area contributed by atoms with Crippen LogP contribution >= 0.6 is 0 Å². The monoisotopic (exact) mass is 616 g/mol. The normalized spacial score (nSPS) is 18.8. The largest absolute Gasteiger partial charge is 0.743 e. The molecule has 0 bridgehead atoms. The maximum absolute atomic E-state index is 12.2. The van der Waals surface area contributed by atoms with E-state index in [9.17, 15) is 57.3 Å². The number of hydrogen-bond donors (Lipinski definition) is 0. The molecule has 2 aromatic carbocycles. The molecule has 6 nitrogen and oxygen atoms in total. The molecule has 1 heterocycles. The summed E-state index contributed by atoms with van der Waals surface area (Å²) >= 11 is 0. The lowest BCUT2D eigenvalue weighted by atomic mass is 10.1. The van der Waals surface area contributed by atoms with Gasteiger partial charge in [-0.05, 0) is 23.9 Å². The fourth-order valence-corrected chi connectivity index (χ4v) is 6.29. The molecular formula is C22H21F9O6S2. The van der Waals surface area contributed by atoms with Crippen LogP contribution in [-0.2, 0) is 30.5 Å². The smallest absolute Gasteiger partial charge is 0.508 e. The van der Waals surface area contributed by atoms with Crippen LogP contribution in [-0.4, -0.2) is 66.6 Å². The quantitative estimate of drug-likeness (QED) is 0.161. The Labute approximate surface area is 219 Å². The Kier molecular flexibility index (Phi) is 10.1. The summed E-state index contributed by atoms with van der Waals surface area (Å²) in [5.74, 6) is -12.8. The summed E-state index contributed by atoms with van der Waals surface area (Å²) in [6.07, 6.45) is -5.94. The van der Waals surface area contributed by atoms with Gasteiger partial charge in [-0.2, -0.15) is 39.5 Å². The predicted octanol–water partition coefficient (Wildman–Crippen LogP) is 6.11. The highest BCUT2D eigenvalue weighted by atomic mass is 32.2. The molecule has 0 spiro atoms. The van der Waals surface area contributed by atoms with Crippen molar-refractivity contribution >= 4 is 37.9 Å². The number of rotatable bonds is 7. The first-order chi connectivity index (χ1) is 17.8. The zero-order chi connectivity index (χ0) is 29.9. The van der Waals surface area contributed by atoms with Crippen LogP contribution in [0.5, 0.6) is 0 Å². The van der Waals surface area contributed by atoms with Crippen molar-refractivity contribution in [2.75, 3.05) is 18.1 Å². The van der Waals surface area contributed by atoms with Gasteiger partial charge in [-0.1, -0.05) is 37.3 Å². The molecule has 17 heteroatoms.